The van der Waals surface area contributed by atoms with Crippen LogP contribution in [0.25, 0.3) is 22.4 Å². The summed E-state index contributed by atoms with van der Waals surface area (Å²) in [6.07, 6.45) is 0. The van der Waals surface area contributed by atoms with Gasteiger partial charge in [0.1, 0.15) is 5.82 Å². The number of hydrogen-bond acceptors (Lipinski definition) is 3. The lowest BCUT2D eigenvalue weighted by Crippen LogP contribution is -2.29. The number of carbonyl (C=O) groups is 2. The number of aryl methyl sites for hydroxylation is 1. The van der Waals surface area contributed by atoms with Gasteiger partial charge in [-0.3, -0.25) is 9.59 Å². The van der Waals surface area contributed by atoms with Crippen LogP contribution in [0.3, 0.4) is 0 Å². The Bertz CT molecular complexity index is 1200. The first-order valence-corrected chi connectivity index (χ1v) is 8.66. The molecule has 2 heterocycles. The van der Waals surface area contributed by atoms with E-state index in [1.807, 2.05) is 43.3 Å². The summed E-state index contributed by atoms with van der Waals surface area (Å²) in [5.74, 6) is 0.107. The molecule has 5 rings (SSSR count). The lowest BCUT2D eigenvalue weighted by molar-refractivity contribution is 0.0926. The van der Waals surface area contributed by atoms with Gasteiger partial charge in [0, 0.05) is 5.56 Å². The maximum Gasteiger partial charge on any atom is 0.266 e. The van der Waals surface area contributed by atoms with Crippen molar-refractivity contribution in [2.24, 2.45) is 0 Å². The molecule has 5 nitrogen and oxygen atoms in total. The van der Waals surface area contributed by atoms with E-state index >= 15 is 0 Å². The van der Waals surface area contributed by atoms with Crippen molar-refractivity contribution in [1.29, 1.82) is 0 Å². The maximum absolute atomic E-state index is 12.7. The van der Waals surface area contributed by atoms with Crippen molar-refractivity contribution in [2.45, 2.75) is 6.92 Å². The van der Waals surface area contributed by atoms with Crippen LogP contribution in [0.4, 0.5) is 5.69 Å². The molecule has 2 amide bonds. The fourth-order valence-corrected chi connectivity index (χ4v) is 3.48. The monoisotopic (exact) mass is 353 g/mol. The number of carbonyl (C=O) groups excluding carboxylic acids is 2. The normalized spacial score (nSPS) is 13.4. The Morgan fingerprint density at radius 1 is 0.852 bits per heavy atom. The summed E-state index contributed by atoms with van der Waals surface area (Å²) in [6, 6.07) is 20.2. The number of hydrogen-bond donors (Lipinski definition) is 1. The third-order valence-electron chi connectivity index (χ3n) is 4.81. The summed E-state index contributed by atoms with van der Waals surface area (Å²) in [6.45, 7) is 2.03. The molecule has 27 heavy (non-hydrogen) atoms. The van der Waals surface area contributed by atoms with Crippen molar-refractivity contribution >= 4 is 28.5 Å². The second-order valence-corrected chi connectivity index (χ2v) is 6.65. The van der Waals surface area contributed by atoms with E-state index in [4.69, 9.17) is 0 Å². The number of anilines is 1. The highest BCUT2D eigenvalue weighted by Crippen LogP contribution is 2.31. The molecule has 130 valence electrons. The van der Waals surface area contributed by atoms with Crippen LogP contribution in [-0.2, 0) is 0 Å². The zero-order valence-electron chi connectivity index (χ0n) is 14.6. The van der Waals surface area contributed by atoms with E-state index in [0.717, 1.165) is 22.2 Å². The number of imide groups is 1. The fraction of sp³-hybridized carbons (Fsp3) is 0.0455. The van der Waals surface area contributed by atoms with Crippen LogP contribution in [-0.4, -0.2) is 21.8 Å². The van der Waals surface area contributed by atoms with Crippen molar-refractivity contribution in [3.63, 3.8) is 0 Å². The summed E-state index contributed by atoms with van der Waals surface area (Å²) in [5, 5.41) is 0. The second-order valence-electron chi connectivity index (χ2n) is 6.65. The van der Waals surface area contributed by atoms with Crippen LogP contribution < -0.4 is 4.90 Å². The van der Waals surface area contributed by atoms with E-state index in [2.05, 4.69) is 9.97 Å². The number of H-pyrrole nitrogens is 1. The third kappa shape index (κ3) is 2.36. The van der Waals surface area contributed by atoms with Crippen molar-refractivity contribution < 1.29 is 9.59 Å². The number of imidazole rings is 1. The number of aromatic amines is 1. The number of rotatable bonds is 2. The molecule has 0 aliphatic carbocycles. The Morgan fingerprint density at radius 3 is 2.33 bits per heavy atom. The third-order valence-corrected chi connectivity index (χ3v) is 4.81. The molecule has 1 aliphatic rings. The molecule has 1 N–H and O–H groups in total. The molecule has 3 aromatic carbocycles. The van der Waals surface area contributed by atoms with Crippen LogP contribution in [0, 0.1) is 6.92 Å². The number of benzene rings is 3. The van der Waals surface area contributed by atoms with Gasteiger partial charge < -0.3 is 4.98 Å². The van der Waals surface area contributed by atoms with E-state index in [0.29, 0.717) is 22.6 Å². The fourth-order valence-electron chi connectivity index (χ4n) is 3.48. The molecule has 0 radical (unpaired) electrons. The summed E-state index contributed by atoms with van der Waals surface area (Å²) >= 11 is 0. The topological polar surface area (TPSA) is 66.1 Å². The predicted molar refractivity (Wildman–Crippen MR) is 104 cm³/mol. The van der Waals surface area contributed by atoms with Gasteiger partial charge >= 0.3 is 0 Å². The van der Waals surface area contributed by atoms with Crippen LogP contribution in [0.2, 0.25) is 0 Å². The van der Waals surface area contributed by atoms with Gasteiger partial charge in [-0.15, -0.1) is 0 Å². The summed E-state index contributed by atoms with van der Waals surface area (Å²) in [7, 11) is 0. The summed E-state index contributed by atoms with van der Waals surface area (Å²) in [4.78, 5) is 34.6. The smallest absolute Gasteiger partial charge is 0.266 e. The molecule has 0 saturated carbocycles. The van der Waals surface area contributed by atoms with Gasteiger partial charge in [0.25, 0.3) is 11.8 Å². The largest absolute Gasteiger partial charge is 0.338 e. The Kier molecular flexibility index (Phi) is 3.24. The first-order chi connectivity index (χ1) is 13.1. The van der Waals surface area contributed by atoms with Crippen molar-refractivity contribution in [3.05, 3.63) is 83.4 Å². The molecule has 4 aromatic rings. The van der Waals surface area contributed by atoms with Crippen molar-refractivity contribution in [3.8, 4) is 11.4 Å². The first-order valence-electron chi connectivity index (χ1n) is 8.66. The second kappa shape index (κ2) is 5.64. The Hall–Kier alpha value is -3.73. The van der Waals surface area contributed by atoms with Gasteiger partial charge in [-0.05, 0) is 48.9 Å². The highest BCUT2D eigenvalue weighted by molar-refractivity contribution is 6.34. The number of aromatic nitrogens is 2. The molecular weight excluding hydrogens is 338 g/mol. The molecule has 0 spiro atoms. The average molecular weight is 353 g/mol. The van der Waals surface area contributed by atoms with Crippen molar-refractivity contribution in [2.75, 3.05) is 4.90 Å². The number of amides is 2. The quantitative estimate of drug-likeness (QED) is 0.545. The molecule has 5 heteroatoms. The van der Waals surface area contributed by atoms with Gasteiger partial charge in [0.05, 0.1) is 27.8 Å². The SMILES string of the molecule is Cc1ccc2nc(-c3cccc(N4C(=O)c5ccccc5C4=O)c3)[nH]c2c1. The van der Waals surface area contributed by atoms with Crippen LogP contribution in [0.15, 0.2) is 66.7 Å². The van der Waals surface area contributed by atoms with E-state index < -0.39 is 0 Å². The maximum atomic E-state index is 12.7. The van der Waals surface area contributed by atoms with Gasteiger partial charge in [0.2, 0.25) is 0 Å². The molecule has 0 fully saturated rings. The molecule has 1 aromatic heterocycles. The average Bonchev–Trinajstić information content (AvgIpc) is 3.21. The Balaban J connectivity index is 1.58. The Morgan fingerprint density at radius 2 is 1.59 bits per heavy atom. The minimum absolute atomic E-state index is 0.298. The molecule has 1 aliphatic heterocycles. The van der Waals surface area contributed by atoms with Gasteiger partial charge in [-0.25, -0.2) is 9.88 Å². The van der Waals surface area contributed by atoms with Gasteiger partial charge in [-0.1, -0.05) is 30.3 Å². The zero-order chi connectivity index (χ0) is 18.5. The van der Waals surface area contributed by atoms with Crippen molar-refractivity contribution in [1.82, 2.24) is 9.97 Å². The van der Waals surface area contributed by atoms with Gasteiger partial charge in [0.15, 0.2) is 0 Å². The molecule has 0 atom stereocenters. The van der Waals surface area contributed by atoms with E-state index in [-0.39, 0.29) is 11.8 Å². The molecule has 0 unspecified atom stereocenters. The lowest BCUT2D eigenvalue weighted by Gasteiger charge is -2.14. The lowest BCUT2D eigenvalue weighted by atomic mass is 10.1. The van der Waals surface area contributed by atoms with Gasteiger partial charge in [-0.2, -0.15) is 0 Å². The highest BCUT2D eigenvalue weighted by Gasteiger charge is 2.36. The van der Waals surface area contributed by atoms with E-state index in [1.54, 1.807) is 30.3 Å². The minimum atomic E-state index is -0.298. The minimum Gasteiger partial charge on any atom is -0.338 e. The Labute approximate surface area is 155 Å². The van der Waals surface area contributed by atoms with Crippen LogP contribution in [0.1, 0.15) is 26.3 Å². The predicted octanol–water partition coefficient (Wildman–Crippen LogP) is 4.34. The molecule has 0 saturated heterocycles. The van der Waals surface area contributed by atoms with Crippen LogP contribution >= 0.6 is 0 Å². The number of nitrogens with zero attached hydrogens (tertiary/aromatic N) is 2. The number of nitrogens with one attached hydrogen (secondary N) is 1. The summed E-state index contributed by atoms with van der Waals surface area (Å²) < 4.78 is 0. The number of fused-ring (bicyclic) bond motifs is 2. The summed E-state index contributed by atoms with van der Waals surface area (Å²) in [5.41, 5.74) is 5.21. The van der Waals surface area contributed by atoms with E-state index in [9.17, 15) is 9.59 Å². The van der Waals surface area contributed by atoms with E-state index in [1.165, 1.54) is 4.90 Å². The highest BCUT2D eigenvalue weighted by atomic mass is 16.2. The standard InChI is InChI=1S/C22H15N3O2/c1-13-9-10-18-19(11-13)24-20(23-18)14-5-4-6-15(12-14)25-21(26)16-7-2-3-8-17(16)22(25)27/h2-12H,1H3,(H,23,24). The first kappa shape index (κ1) is 15.5. The van der Waals surface area contributed by atoms with Crippen LogP contribution in [0.5, 0.6) is 0 Å². The molecule has 0 bridgehead atoms. The molecular formula is C22H15N3O2. The zero-order valence-corrected chi connectivity index (χ0v) is 14.6.